The second-order valence-electron chi connectivity index (χ2n) is 7.03. The number of esters is 1. The lowest BCUT2D eigenvalue weighted by Gasteiger charge is -2.04. The summed E-state index contributed by atoms with van der Waals surface area (Å²) in [6.45, 7) is 0. The summed E-state index contributed by atoms with van der Waals surface area (Å²) in [4.78, 5) is 36.2. The molecule has 0 aromatic heterocycles. The van der Waals surface area contributed by atoms with E-state index in [1.54, 1.807) is 72.8 Å². The third-order valence-electron chi connectivity index (χ3n) is 4.58. The standard InChI is InChI=1S/C27H22O6/c1-32-26-17-20(11-16-25(26)30)8-13-23(29)18-22(28)12-7-19-9-14-24(15-10-19)33-27(31)21-5-3-2-4-6-21/h2-17,30H,18H2,1H3/b12-7+,13-8+. The van der Waals surface area contributed by atoms with E-state index < -0.39 is 5.97 Å². The van der Waals surface area contributed by atoms with Crippen LogP contribution in [0.15, 0.2) is 84.9 Å². The van der Waals surface area contributed by atoms with Crippen molar-refractivity contribution in [2.24, 2.45) is 0 Å². The number of ether oxygens (including phenoxy) is 2. The Labute approximate surface area is 191 Å². The zero-order chi connectivity index (χ0) is 23.6. The number of phenolic OH excluding ortho intramolecular Hbond substituents is 1. The zero-order valence-corrected chi connectivity index (χ0v) is 17.9. The molecule has 0 spiro atoms. The molecule has 0 atom stereocenters. The summed E-state index contributed by atoms with van der Waals surface area (Å²) in [6.07, 6.45) is 5.52. The first-order valence-corrected chi connectivity index (χ1v) is 10.1. The van der Waals surface area contributed by atoms with Crippen LogP contribution in [0.1, 0.15) is 27.9 Å². The lowest BCUT2D eigenvalue weighted by Crippen LogP contribution is -2.07. The van der Waals surface area contributed by atoms with E-state index in [1.807, 2.05) is 6.07 Å². The Hall–Kier alpha value is -4.45. The summed E-state index contributed by atoms with van der Waals surface area (Å²) < 4.78 is 10.3. The maximum Gasteiger partial charge on any atom is 0.343 e. The van der Waals surface area contributed by atoms with Gasteiger partial charge in [0.1, 0.15) is 5.75 Å². The van der Waals surface area contributed by atoms with Gasteiger partial charge in [0.25, 0.3) is 0 Å². The summed E-state index contributed by atoms with van der Waals surface area (Å²) in [5.41, 5.74) is 1.84. The fourth-order valence-electron chi connectivity index (χ4n) is 2.85. The summed E-state index contributed by atoms with van der Waals surface area (Å²) in [5, 5.41) is 9.60. The van der Waals surface area contributed by atoms with Crippen LogP contribution in [-0.2, 0) is 9.59 Å². The number of methoxy groups -OCH3 is 1. The summed E-state index contributed by atoms with van der Waals surface area (Å²) in [6, 6.07) is 20.0. The first kappa shape index (κ1) is 23.2. The van der Waals surface area contributed by atoms with Gasteiger partial charge < -0.3 is 14.6 Å². The van der Waals surface area contributed by atoms with E-state index in [-0.39, 0.29) is 23.7 Å². The van der Waals surface area contributed by atoms with Gasteiger partial charge in [0.15, 0.2) is 23.1 Å². The van der Waals surface area contributed by atoms with Crippen molar-refractivity contribution >= 4 is 29.7 Å². The normalized spacial score (nSPS) is 10.9. The van der Waals surface area contributed by atoms with Crippen LogP contribution >= 0.6 is 0 Å². The van der Waals surface area contributed by atoms with Crippen molar-refractivity contribution in [2.75, 3.05) is 7.11 Å². The fraction of sp³-hybridized carbons (Fsp3) is 0.0741. The van der Waals surface area contributed by atoms with Crippen LogP contribution in [0, 0.1) is 0 Å². The molecule has 3 aromatic carbocycles. The van der Waals surface area contributed by atoms with Gasteiger partial charge in [-0.05, 0) is 59.7 Å². The lowest BCUT2D eigenvalue weighted by atomic mass is 10.1. The van der Waals surface area contributed by atoms with E-state index in [9.17, 15) is 19.5 Å². The van der Waals surface area contributed by atoms with Crippen LogP contribution in [0.4, 0.5) is 0 Å². The molecule has 0 radical (unpaired) electrons. The van der Waals surface area contributed by atoms with Crippen LogP contribution in [-0.4, -0.2) is 29.8 Å². The van der Waals surface area contributed by atoms with E-state index in [1.165, 1.54) is 25.3 Å². The second kappa shape index (κ2) is 11.2. The largest absolute Gasteiger partial charge is 0.504 e. The van der Waals surface area contributed by atoms with E-state index in [4.69, 9.17) is 9.47 Å². The predicted octanol–water partition coefficient (Wildman–Crippen LogP) is 4.87. The minimum Gasteiger partial charge on any atom is -0.504 e. The molecule has 33 heavy (non-hydrogen) atoms. The van der Waals surface area contributed by atoms with Crippen molar-refractivity contribution < 1.29 is 29.0 Å². The molecule has 6 heteroatoms. The van der Waals surface area contributed by atoms with Crippen molar-refractivity contribution in [1.29, 1.82) is 0 Å². The minimum absolute atomic E-state index is 0.00341. The molecule has 0 aliphatic heterocycles. The Balaban J connectivity index is 1.51. The van der Waals surface area contributed by atoms with Crippen molar-refractivity contribution in [3.63, 3.8) is 0 Å². The fourth-order valence-corrected chi connectivity index (χ4v) is 2.85. The number of ketones is 2. The molecule has 3 rings (SSSR count). The molecule has 0 bridgehead atoms. The predicted molar refractivity (Wildman–Crippen MR) is 125 cm³/mol. The van der Waals surface area contributed by atoms with Gasteiger partial charge >= 0.3 is 5.97 Å². The van der Waals surface area contributed by atoms with E-state index >= 15 is 0 Å². The van der Waals surface area contributed by atoms with Crippen molar-refractivity contribution in [1.82, 2.24) is 0 Å². The average Bonchev–Trinajstić information content (AvgIpc) is 2.83. The molecule has 0 aliphatic rings. The Morgan fingerprint density at radius 2 is 1.42 bits per heavy atom. The molecule has 3 aromatic rings. The highest BCUT2D eigenvalue weighted by atomic mass is 16.5. The van der Waals surface area contributed by atoms with E-state index in [2.05, 4.69) is 0 Å². The summed E-state index contributed by atoms with van der Waals surface area (Å²) >= 11 is 0. The van der Waals surface area contributed by atoms with E-state index in [0.717, 1.165) is 5.56 Å². The topological polar surface area (TPSA) is 89.9 Å². The van der Waals surface area contributed by atoms with Gasteiger partial charge in [-0.25, -0.2) is 4.79 Å². The van der Waals surface area contributed by atoms with Crippen molar-refractivity contribution in [3.05, 3.63) is 102 Å². The highest BCUT2D eigenvalue weighted by Crippen LogP contribution is 2.26. The number of carbonyl (C=O) groups is 3. The molecular formula is C27H22O6. The van der Waals surface area contributed by atoms with Crippen LogP contribution in [0.5, 0.6) is 17.2 Å². The number of hydrogen-bond acceptors (Lipinski definition) is 6. The van der Waals surface area contributed by atoms with E-state index in [0.29, 0.717) is 22.6 Å². The molecule has 0 amide bonds. The van der Waals surface area contributed by atoms with Gasteiger partial charge in [-0.2, -0.15) is 0 Å². The van der Waals surface area contributed by atoms with Crippen LogP contribution < -0.4 is 9.47 Å². The Morgan fingerprint density at radius 3 is 2.06 bits per heavy atom. The Bertz CT molecular complexity index is 1190. The highest BCUT2D eigenvalue weighted by Gasteiger charge is 2.08. The van der Waals surface area contributed by atoms with Crippen LogP contribution in [0.25, 0.3) is 12.2 Å². The molecule has 0 saturated carbocycles. The Kier molecular flexibility index (Phi) is 7.91. The number of rotatable bonds is 9. The molecule has 0 aliphatic carbocycles. The van der Waals surface area contributed by atoms with Gasteiger partial charge in [-0.15, -0.1) is 0 Å². The van der Waals surface area contributed by atoms with Crippen molar-refractivity contribution in [3.8, 4) is 17.2 Å². The van der Waals surface area contributed by atoms with Gasteiger partial charge in [-0.1, -0.05) is 48.6 Å². The van der Waals surface area contributed by atoms with Crippen LogP contribution in [0.2, 0.25) is 0 Å². The molecular weight excluding hydrogens is 420 g/mol. The van der Waals surface area contributed by atoms with Gasteiger partial charge in [0, 0.05) is 0 Å². The first-order valence-electron chi connectivity index (χ1n) is 10.1. The lowest BCUT2D eigenvalue weighted by molar-refractivity contribution is -0.121. The number of phenols is 1. The number of carbonyl (C=O) groups excluding carboxylic acids is 3. The van der Waals surface area contributed by atoms with Gasteiger partial charge in [0.05, 0.1) is 19.1 Å². The monoisotopic (exact) mass is 442 g/mol. The molecule has 0 unspecified atom stereocenters. The maximum absolute atomic E-state index is 12.1. The van der Waals surface area contributed by atoms with Crippen molar-refractivity contribution in [2.45, 2.75) is 6.42 Å². The first-order chi connectivity index (χ1) is 15.9. The number of aromatic hydroxyl groups is 1. The maximum atomic E-state index is 12.1. The smallest absolute Gasteiger partial charge is 0.343 e. The average molecular weight is 442 g/mol. The molecule has 0 saturated heterocycles. The summed E-state index contributed by atoms with van der Waals surface area (Å²) in [7, 11) is 1.43. The van der Waals surface area contributed by atoms with Gasteiger partial charge in [0.2, 0.25) is 0 Å². The molecule has 0 heterocycles. The zero-order valence-electron chi connectivity index (χ0n) is 17.9. The molecule has 6 nitrogen and oxygen atoms in total. The molecule has 0 fully saturated rings. The summed E-state index contributed by atoms with van der Waals surface area (Å²) in [5.74, 6) is -0.453. The SMILES string of the molecule is COc1cc(/C=C/C(=O)CC(=O)/C=C/c2ccc(OC(=O)c3ccccc3)cc2)ccc1O. The minimum atomic E-state index is -0.452. The number of allylic oxidation sites excluding steroid dienone is 2. The third-order valence-corrected chi connectivity index (χ3v) is 4.58. The van der Waals surface area contributed by atoms with Crippen LogP contribution in [0.3, 0.4) is 0 Å². The van der Waals surface area contributed by atoms with Gasteiger partial charge in [-0.3, -0.25) is 9.59 Å². The second-order valence-corrected chi connectivity index (χ2v) is 7.03. The highest BCUT2D eigenvalue weighted by molar-refractivity contribution is 6.10. The molecule has 1 N–H and O–H groups in total. The Morgan fingerprint density at radius 1 is 0.818 bits per heavy atom. The molecule has 166 valence electrons. The number of hydrogen-bond donors (Lipinski definition) is 1. The number of benzene rings is 3. The quantitative estimate of drug-likeness (QED) is 0.220. The third kappa shape index (κ3) is 7.04.